The van der Waals surface area contributed by atoms with Gasteiger partial charge in [0.15, 0.2) is 5.54 Å². The lowest BCUT2D eigenvalue weighted by Gasteiger charge is -2.27. The van der Waals surface area contributed by atoms with Gasteiger partial charge in [-0.05, 0) is 12.1 Å². The maximum Gasteiger partial charge on any atom is 0.155 e. The molecule has 0 fully saturated rings. The lowest BCUT2D eigenvalue weighted by Crippen LogP contribution is -2.45. The molecular weight excluding hydrogens is 228 g/mol. The minimum absolute atomic E-state index is 0.310. The largest absolute Gasteiger partial charge is 0.382 e. The average molecular weight is 248 g/mol. The molecular formula is C14H20N2O2. The highest BCUT2D eigenvalue weighted by Gasteiger charge is 2.31. The number of benzene rings is 1. The summed E-state index contributed by atoms with van der Waals surface area (Å²) < 4.78 is 10.5. The van der Waals surface area contributed by atoms with Crippen LogP contribution in [0, 0.1) is 11.3 Å². The first kappa shape index (κ1) is 14.7. The van der Waals surface area contributed by atoms with E-state index in [-0.39, 0.29) is 0 Å². The molecule has 0 aliphatic heterocycles. The van der Waals surface area contributed by atoms with E-state index in [4.69, 9.17) is 9.47 Å². The van der Waals surface area contributed by atoms with Gasteiger partial charge in [-0.25, -0.2) is 0 Å². The number of hydrogen-bond acceptors (Lipinski definition) is 4. The average Bonchev–Trinajstić information content (AvgIpc) is 2.43. The Morgan fingerprint density at radius 2 is 2.00 bits per heavy atom. The molecule has 4 nitrogen and oxygen atoms in total. The summed E-state index contributed by atoms with van der Waals surface area (Å²) in [5.41, 5.74) is 0.135. The number of methoxy groups -OCH3 is 1. The maximum absolute atomic E-state index is 9.49. The van der Waals surface area contributed by atoms with Gasteiger partial charge in [0.2, 0.25) is 0 Å². The van der Waals surface area contributed by atoms with Gasteiger partial charge in [0.25, 0.3) is 0 Å². The van der Waals surface area contributed by atoms with Gasteiger partial charge in [-0.3, -0.25) is 5.32 Å². The third-order valence-electron chi connectivity index (χ3n) is 2.69. The van der Waals surface area contributed by atoms with Gasteiger partial charge in [-0.15, -0.1) is 0 Å². The van der Waals surface area contributed by atoms with Crippen LogP contribution in [0.25, 0.3) is 0 Å². The molecule has 1 atom stereocenters. The molecule has 0 aromatic heterocycles. The second-order valence-electron chi connectivity index (χ2n) is 3.96. The van der Waals surface area contributed by atoms with Gasteiger partial charge in [-0.2, -0.15) is 5.26 Å². The highest BCUT2D eigenvalue weighted by Crippen LogP contribution is 2.20. The summed E-state index contributed by atoms with van der Waals surface area (Å²) in [4.78, 5) is 0. The topological polar surface area (TPSA) is 54.3 Å². The molecule has 0 spiro atoms. The molecule has 18 heavy (non-hydrogen) atoms. The molecule has 1 aromatic carbocycles. The van der Waals surface area contributed by atoms with Crippen LogP contribution in [0.1, 0.15) is 12.5 Å². The number of hydrogen-bond donors (Lipinski definition) is 1. The monoisotopic (exact) mass is 248 g/mol. The highest BCUT2D eigenvalue weighted by atomic mass is 16.5. The minimum Gasteiger partial charge on any atom is -0.382 e. The first-order valence-corrected chi connectivity index (χ1v) is 6.07. The van der Waals surface area contributed by atoms with Gasteiger partial charge in [-0.1, -0.05) is 37.3 Å². The molecule has 0 bridgehead atoms. The smallest absolute Gasteiger partial charge is 0.155 e. The molecule has 0 saturated carbocycles. The normalized spacial score (nSPS) is 13.8. The van der Waals surface area contributed by atoms with Crippen molar-refractivity contribution in [2.75, 3.05) is 33.5 Å². The Hall–Kier alpha value is -1.41. The highest BCUT2D eigenvalue weighted by molar-refractivity contribution is 5.31. The molecule has 1 aromatic rings. The molecule has 1 rings (SSSR count). The van der Waals surface area contributed by atoms with Gasteiger partial charge < -0.3 is 9.47 Å². The Kier molecular flexibility index (Phi) is 6.37. The Morgan fingerprint density at radius 1 is 1.28 bits per heavy atom. The zero-order valence-corrected chi connectivity index (χ0v) is 11.0. The Balaban J connectivity index is 2.79. The number of rotatable bonds is 8. The molecule has 1 N–H and O–H groups in total. The van der Waals surface area contributed by atoms with Crippen LogP contribution in [0.4, 0.5) is 0 Å². The summed E-state index contributed by atoms with van der Waals surface area (Å²) in [5.74, 6) is 0. The molecule has 0 amide bonds. The Bertz CT molecular complexity index is 375. The lowest BCUT2D eigenvalue weighted by molar-refractivity contribution is 0.0456. The molecule has 0 aliphatic rings. The van der Waals surface area contributed by atoms with Crippen LogP contribution in [0.2, 0.25) is 0 Å². The van der Waals surface area contributed by atoms with E-state index in [0.29, 0.717) is 26.4 Å². The van der Waals surface area contributed by atoms with Crippen LogP contribution >= 0.6 is 0 Å². The minimum atomic E-state index is -0.788. The summed E-state index contributed by atoms with van der Waals surface area (Å²) >= 11 is 0. The first-order valence-electron chi connectivity index (χ1n) is 6.07. The fourth-order valence-corrected chi connectivity index (χ4v) is 1.76. The summed E-state index contributed by atoms with van der Waals surface area (Å²) in [6.45, 7) is 4.01. The van der Waals surface area contributed by atoms with Gasteiger partial charge in [0.05, 0.1) is 25.9 Å². The maximum atomic E-state index is 9.49. The van der Waals surface area contributed by atoms with Crippen LogP contribution in [-0.4, -0.2) is 33.5 Å². The van der Waals surface area contributed by atoms with Crippen LogP contribution in [0.3, 0.4) is 0 Å². The van der Waals surface area contributed by atoms with Crippen molar-refractivity contribution in [1.29, 1.82) is 5.26 Å². The van der Waals surface area contributed by atoms with Crippen molar-refractivity contribution in [3.8, 4) is 6.07 Å². The Morgan fingerprint density at radius 3 is 2.56 bits per heavy atom. The van der Waals surface area contributed by atoms with E-state index in [0.717, 1.165) is 5.56 Å². The van der Waals surface area contributed by atoms with Crippen LogP contribution < -0.4 is 5.32 Å². The second kappa shape index (κ2) is 7.83. The SMILES string of the molecule is CCNC(C#N)(COCCOC)c1ccccc1. The number of ether oxygens (including phenoxy) is 2. The van der Waals surface area contributed by atoms with E-state index >= 15 is 0 Å². The zero-order chi connectivity index (χ0) is 13.3. The third-order valence-corrected chi connectivity index (χ3v) is 2.69. The van der Waals surface area contributed by atoms with Crippen molar-refractivity contribution in [2.45, 2.75) is 12.5 Å². The van der Waals surface area contributed by atoms with E-state index in [2.05, 4.69) is 11.4 Å². The summed E-state index contributed by atoms with van der Waals surface area (Å²) in [7, 11) is 1.63. The summed E-state index contributed by atoms with van der Waals surface area (Å²) in [5, 5.41) is 12.7. The molecule has 98 valence electrons. The predicted octanol–water partition coefficient (Wildman–Crippen LogP) is 1.68. The fraction of sp³-hybridized carbons (Fsp3) is 0.500. The summed E-state index contributed by atoms with van der Waals surface area (Å²) in [6.07, 6.45) is 0. The first-order chi connectivity index (χ1) is 8.79. The van der Waals surface area contributed by atoms with Crippen LogP contribution in [-0.2, 0) is 15.0 Å². The van der Waals surface area contributed by atoms with Crippen molar-refractivity contribution in [3.05, 3.63) is 35.9 Å². The van der Waals surface area contributed by atoms with Crippen LogP contribution in [0.15, 0.2) is 30.3 Å². The number of likely N-dealkylation sites (N-methyl/N-ethyl adjacent to an activating group) is 1. The molecule has 0 saturated heterocycles. The van der Waals surface area contributed by atoms with Gasteiger partial charge >= 0.3 is 0 Å². The summed E-state index contributed by atoms with van der Waals surface area (Å²) in [6, 6.07) is 12.0. The van der Waals surface area contributed by atoms with E-state index in [9.17, 15) is 5.26 Å². The standard InChI is InChI=1S/C14H20N2O2/c1-3-16-14(11-15,12-18-10-9-17-2)13-7-5-4-6-8-13/h4-8,16H,3,9-10,12H2,1-2H3. The Labute approximate surface area is 109 Å². The van der Waals surface area contributed by atoms with Gasteiger partial charge in [0.1, 0.15) is 0 Å². The van der Waals surface area contributed by atoms with E-state index in [1.165, 1.54) is 0 Å². The van der Waals surface area contributed by atoms with E-state index < -0.39 is 5.54 Å². The quantitative estimate of drug-likeness (QED) is 0.711. The van der Waals surface area contributed by atoms with Crippen molar-refractivity contribution in [3.63, 3.8) is 0 Å². The van der Waals surface area contributed by atoms with Crippen LogP contribution in [0.5, 0.6) is 0 Å². The number of nitriles is 1. The molecule has 0 radical (unpaired) electrons. The van der Waals surface area contributed by atoms with Gasteiger partial charge in [0, 0.05) is 7.11 Å². The second-order valence-corrected chi connectivity index (χ2v) is 3.96. The molecule has 1 unspecified atom stereocenters. The van der Waals surface area contributed by atoms with Crippen molar-refractivity contribution in [1.82, 2.24) is 5.32 Å². The van der Waals surface area contributed by atoms with Crippen molar-refractivity contribution >= 4 is 0 Å². The van der Waals surface area contributed by atoms with Crippen molar-refractivity contribution in [2.24, 2.45) is 0 Å². The van der Waals surface area contributed by atoms with E-state index in [1.54, 1.807) is 7.11 Å². The molecule has 4 heteroatoms. The fourth-order valence-electron chi connectivity index (χ4n) is 1.76. The predicted molar refractivity (Wildman–Crippen MR) is 70.1 cm³/mol. The zero-order valence-electron chi connectivity index (χ0n) is 11.0. The third kappa shape index (κ3) is 3.81. The van der Waals surface area contributed by atoms with E-state index in [1.807, 2.05) is 37.3 Å². The van der Waals surface area contributed by atoms with Crippen molar-refractivity contribution < 1.29 is 9.47 Å². The molecule has 0 heterocycles. The number of nitrogens with one attached hydrogen (secondary N) is 1. The molecule has 0 aliphatic carbocycles. The number of nitrogens with zero attached hydrogens (tertiary/aromatic N) is 1. The lowest BCUT2D eigenvalue weighted by atomic mass is 9.92.